The molecular weight excluding hydrogens is 443 g/mol. The molecule has 3 aromatic rings. The van der Waals surface area contributed by atoms with Crippen LogP contribution in [0.25, 0.3) is 11.5 Å². The summed E-state index contributed by atoms with van der Waals surface area (Å²) in [5.74, 6) is -0.462. The smallest absolute Gasteiger partial charge is 0.322 e. The average Bonchev–Trinajstić information content (AvgIpc) is 3.16. The number of rotatable bonds is 5. The minimum Gasteiger partial charge on any atom is -0.497 e. The molecule has 0 bridgehead atoms. The van der Waals surface area contributed by atoms with Crippen molar-refractivity contribution in [1.82, 2.24) is 10.2 Å². The van der Waals surface area contributed by atoms with Gasteiger partial charge >= 0.3 is 6.01 Å². The number of benzene rings is 2. The molecule has 0 fully saturated rings. The Balaban J connectivity index is 1.70. The molecule has 0 atom stereocenters. The first-order chi connectivity index (χ1) is 13.8. The van der Waals surface area contributed by atoms with E-state index in [9.17, 15) is 9.59 Å². The topological polar surface area (TPSA) is 106 Å². The maximum Gasteiger partial charge on any atom is 0.322 e. The van der Waals surface area contributed by atoms with Gasteiger partial charge in [0.25, 0.3) is 15.6 Å². The molecule has 2 N–H and O–H groups in total. The molecular formula is C18H13Cl3N4O4. The normalized spacial score (nSPS) is 11.0. The second-order valence-corrected chi connectivity index (χ2v) is 7.91. The molecule has 1 heterocycles. The number of nitrogens with one attached hydrogen (secondary N) is 2. The second-order valence-electron chi connectivity index (χ2n) is 5.63. The zero-order chi connectivity index (χ0) is 21.0. The van der Waals surface area contributed by atoms with Crippen LogP contribution in [0.15, 0.2) is 52.9 Å². The average molecular weight is 456 g/mol. The van der Waals surface area contributed by atoms with Crippen LogP contribution < -0.4 is 15.4 Å². The van der Waals surface area contributed by atoms with Gasteiger partial charge in [0, 0.05) is 16.8 Å². The van der Waals surface area contributed by atoms with Crippen LogP contribution in [-0.4, -0.2) is 32.9 Å². The quantitative estimate of drug-likeness (QED) is 0.555. The Kier molecular flexibility index (Phi) is 6.26. The van der Waals surface area contributed by atoms with Crippen molar-refractivity contribution in [2.24, 2.45) is 0 Å². The lowest BCUT2D eigenvalue weighted by molar-refractivity contribution is -0.115. The van der Waals surface area contributed by atoms with Gasteiger partial charge in [-0.05, 0) is 42.5 Å². The van der Waals surface area contributed by atoms with Crippen LogP contribution in [0.1, 0.15) is 10.4 Å². The van der Waals surface area contributed by atoms with Gasteiger partial charge < -0.3 is 14.5 Å². The van der Waals surface area contributed by atoms with Crippen molar-refractivity contribution in [3.8, 4) is 17.2 Å². The molecule has 8 nitrogen and oxygen atoms in total. The SMILES string of the molecule is COc1ccc(-c2nnc(NC(=O)c3cccc(NC(=O)C(Cl)(Cl)Cl)c3)o2)cc1. The molecule has 11 heteroatoms. The molecule has 0 spiro atoms. The van der Waals surface area contributed by atoms with E-state index in [-0.39, 0.29) is 23.2 Å². The van der Waals surface area contributed by atoms with Crippen LogP contribution in [0.5, 0.6) is 5.75 Å². The first kappa shape index (κ1) is 20.9. The molecule has 0 saturated carbocycles. The molecule has 1 aromatic heterocycles. The van der Waals surface area contributed by atoms with Crippen molar-refractivity contribution < 1.29 is 18.7 Å². The van der Waals surface area contributed by atoms with Crippen LogP contribution in [0.4, 0.5) is 11.7 Å². The van der Waals surface area contributed by atoms with Crippen molar-refractivity contribution in [1.29, 1.82) is 0 Å². The van der Waals surface area contributed by atoms with E-state index >= 15 is 0 Å². The summed E-state index contributed by atoms with van der Waals surface area (Å²) in [5, 5.41) is 12.6. The van der Waals surface area contributed by atoms with Crippen molar-refractivity contribution in [2.45, 2.75) is 3.79 Å². The Morgan fingerprint density at radius 2 is 1.76 bits per heavy atom. The number of alkyl halides is 3. The first-order valence-corrected chi connectivity index (χ1v) is 9.17. The van der Waals surface area contributed by atoms with Gasteiger partial charge in [-0.15, -0.1) is 5.10 Å². The molecule has 150 valence electrons. The molecule has 3 rings (SSSR count). The van der Waals surface area contributed by atoms with Crippen molar-refractivity contribution in [3.63, 3.8) is 0 Å². The van der Waals surface area contributed by atoms with Gasteiger partial charge in [-0.1, -0.05) is 46.0 Å². The van der Waals surface area contributed by atoms with Crippen LogP contribution >= 0.6 is 34.8 Å². The molecule has 0 aliphatic carbocycles. The van der Waals surface area contributed by atoms with Gasteiger partial charge in [0.1, 0.15) is 5.75 Å². The van der Waals surface area contributed by atoms with E-state index in [1.165, 1.54) is 12.1 Å². The highest BCUT2D eigenvalue weighted by molar-refractivity contribution is 6.76. The zero-order valence-electron chi connectivity index (χ0n) is 14.8. The molecule has 0 saturated heterocycles. The highest BCUT2D eigenvalue weighted by Gasteiger charge is 2.30. The summed E-state index contributed by atoms with van der Waals surface area (Å²) < 4.78 is 8.42. The second kappa shape index (κ2) is 8.69. The first-order valence-electron chi connectivity index (χ1n) is 8.04. The predicted octanol–water partition coefficient (Wildman–Crippen LogP) is 4.31. The van der Waals surface area contributed by atoms with Crippen LogP contribution in [-0.2, 0) is 4.79 Å². The van der Waals surface area contributed by atoms with Crippen LogP contribution in [0.3, 0.4) is 0 Å². The third-order valence-electron chi connectivity index (χ3n) is 3.62. The van der Waals surface area contributed by atoms with E-state index in [0.717, 1.165) is 0 Å². The Morgan fingerprint density at radius 1 is 1.03 bits per heavy atom. The van der Waals surface area contributed by atoms with E-state index in [4.69, 9.17) is 44.0 Å². The number of nitrogens with zero attached hydrogens (tertiary/aromatic N) is 2. The molecule has 0 radical (unpaired) electrons. The largest absolute Gasteiger partial charge is 0.497 e. The third-order valence-corrected chi connectivity index (χ3v) is 4.14. The summed E-state index contributed by atoms with van der Waals surface area (Å²) in [7, 11) is 1.56. The van der Waals surface area contributed by atoms with Gasteiger partial charge in [-0.25, -0.2) is 0 Å². The molecule has 0 unspecified atom stereocenters. The Labute approximate surface area is 180 Å². The van der Waals surface area contributed by atoms with Gasteiger partial charge in [-0.2, -0.15) is 0 Å². The van der Waals surface area contributed by atoms with Gasteiger partial charge in [0.15, 0.2) is 0 Å². The van der Waals surface area contributed by atoms with Crippen molar-refractivity contribution in [3.05, 3.63) is 54.1 Å². The number of carbonyl (C=O) groups is 2. The molecule has 0 aliphatic rings. The zero-order valence-corrected chi connectivity index (χ0v) is 17.0. The highest BCUT2D eigenvalue weighted by Crippen LogP contribution is 2.28. The third kappa shape index (κ3) is 5.38. The fraction of sp³-hybridized carbons (Fsp3) is 0.111. The number of ether oxygens (including phenoxy) is 1. The number of hydrogen-bond acceptors (Lipinski definition) is 6. The van der Waals surface area contributed by atoms with E-state index in [1.54, 1.807) is 43.5 Å². The molecule has 2 aromatic carbocycles. The van der Waals surface area contributed by atoms with Gasteiger partial charge in [-0.3, -0.25) is 14.9 Å². The number of aromatic nitrogens is 2. The summed E-state index contributed by atoms with van der Waals surface area (Å²) in [6.45, 7) is 0. The highest BCUT2D eigenvalue weighted by atomic mass is 35.6. The van der Waals surface area contributed by atoms with Crippen LogP contribution in [0, 0.1) is 0 Å². The Bertz CT molecular complexity index is 1030. The van der Waals surface area contributed by atoms with E-state index in [0.29, 0.717) is 11.3 Å². The number of amides is 2. The number of hydrogen-bond donors (Lipinski definition) is 2. The number of carbonyl (C=O) groups excluding carboxylic acids is 2. The standard InChI is InChI=1S/C18H13Cl3N4O4/c1-28-13-7-5-10(6-8-13)15-24-25-17(29-15)23-14(26)11-3-2-4-12(9-11)22-16(27)18(19,20)21/h2-9H,1H3,(H,22,27)(H,23,25,26). The lowest BCUT2D eigenvalue weighted by Crippen LogP contribution is -2.27. The van der Waals surface area contributed by atoms with E-state index in [1.807, 2.05) is 0 Å². The summed E-state index contributed by atoms with van der Waals surface area (Å²) in [6, 6.07) is 12.9. The number of methoxy groups -OCH3 is 1. The minimum absolute atomic E-state index is 0.0865. The fourth-order valence-electron chi connectivity index (χ4n) is 2.23. The number of halogens is 3. The maximum atomic E-state index is 12.4. The van der Waals surface area contributed by atoms with Crippen LogP contribution in [0.2, 0.25) is 0 Å². The lowest BCUT2D eigenvalue weighted by atomic mass is 10.2. The fourth-order valence-corrected chi connectivity index (χ4v) is 2.38. The summed E-state index contributed by atoms with van der Waals surface area (Å²) in [5.41, 5.74) is 1.16. The summed E-state index contributed by atoms with van der Waals surface area (Å²) >= 11 is 16.6. The van der Waals surface area contributed by atoms with E-state index < -0.39 is 15.6 Å². The summed E-state index contributed by atoms with van der Waals surface area (Å²) in [6.07, 6.45) is 0. The molecule has 0 aliphatic heterocycles. The predicted molar refractivity (Wildman–Crippen MR) is 110 cm³/mol. The number of anilines is 2. The maximum absolute atomic E-state index is 12.4. The minimum atomic E-state index is -2.13. The van der Waals surface area contributed by atoms with E-state index in [2.05, 4.69) is 20.8 Å². The summed E-state index contributed by atoms with van der Waals surface area (Å²) in [4.78, 5) is 24.2. The molecule has 29 heavy (non-hydrogen) atoms. The van der Waals surface area contributed by atoms with Crippen molar-refractivity contribution in [2.75, 3.05) is 17.7 Å². The lowest BCUT2D eigenvalue weighted by Gasteiger charge is -2.12. The Hall–Kier alpha value is -2.81. The Morgan fingerprint density at radius 3 is 2.41 bits per heavy atom. The van der Waals surface area contributed by atoms with Crippen molar-refractivity contribution >= 4 is 58.3 Å². The van der Waals surface area contributed by atoms with Gasteiger partial charge in [0.05, 0.1) is 7.11 Å². The monoisotopic (exact) mass is 454 g/mol. The molecule has 2 amide bonds. The van der Waals surface area contributed by atoms with Gasteiger partial charge in [0.2, 0.25) is 5.89 Å².